The number of benzene rings is 1. The van der Waals surface area contributed by atoms with Crippen LogP contribution < -0.4 is 10.6 Å². The minimum atomic E-state index is -1.01. The van der Waals surface area contributed by atoms with E-state index in [1.165, 1.54) is 0 Å². The van der Waals surface area contributed by atoms with Crippen molar-refractivity contribution >= 4 is 23.6 Å². The molecule has 0 saturated heterocycles. The number of thioether (sulfide) groups is 1. The van der Waals surface area contributed by atoms with Crippen molar-refractivity contribution in [2.75, 3.05) is 18.8 Å². The molecule has 1 aromatic carbocycles. The molecule has 182 valence electrons. The fourth-order valence-corrected chi connectivity index (χ4v) is 4.09. The van der Waals surface area contributed by atoms with Gasteiger partial charge in [-0.1, -0.05) is 71.9 Å². The highest BCUT2D eigenvalue weighted by atomic mass is 32.2. The van der Waals surface area contributed by atoms with Crippen molar-refractivity contribution < 1.29 is 19.8 Å². The summed E-state index contributed by atoms with van der Waals surface area (Å²) >= 11 is 1.76. The Hall–Kier alpha value is -1.57. The van der Waals surface area contributed by atoms with E-state index < -0.39 is 18.1 Å². The first-order valence-electron chi connectivity index (χ1n) is 11.5. The van der Waals surface area contributed by atoms with Crippen molar-refractivity contribution in [1.29, 1.82) is 0 Å². The fourth-order valence-electron chi connectivity index (χ4n) is 3.12. The van der Waals surface area contributed by atoms with Crippen LogP contribution in [-0.2, 0) is 16.0 Å². The highest BCUT2D eigenvalue weighted by molar-refractivity contribution is 8.00. The molecule has 4 atom stereocenters. The molecule has 1 aromatic rings. The predicted molar refractivity (Wildman–Crippen MR) is 132 cm³/mol. The normalized spacial score (nSPS) is 15.7. The number of aliphatic hydroxyl groups excluding tert-OH is 2. The molecular weight excluding hydrogens is 424 g/mol. The Balaban J connectivity index is 2.57. The number of hydrogen-bond acceptors (Lipinski definition) is 5. The summed E-state index contributed by atoms with van der Waals surface area (Å²) in [6.45, 7) is 12.3. The quantitative estimate of drug-likeness (QED) is 0.358. The number of carbonyl (C=O) groups excluding carboxylic acids is 2. The zero-order valence-corrected chi connectivity index (χ0v) is 21.2. The summed E-state index contributed by atoms with van der Waals surface area (Å²) < 4.78 is 0.0589. The Morgan fingerprint density at radius 2 is 1.53 bits per heavy atom. The molecule has 6 nitrogen and oxygen atoms in total. The zero-order valence-electron chi connectivity index (χ0n) is 20.4. The first-order chi connectivity index (χ1) is 14.9. The summed E-state index contributed by atoms with van der Waals surface area (Å²) in [7, 11) is 0. The van der Waals surface area contributed by atoms with Crippen LogP contribution in [0.5, 0.6) is 0 Å². The van der Waals surface area contributed by atoms with E-state index in [0.29, 0.717) is 18.6 Å². The van der Waals surface area contributed by atoms with Crippen LogP contribution >= 0.6 is 11.8 Å². The maximum Gasteiger partial charge on any atom is 0.224 e. The van der Waals surface area contributed by atoms with Gasteiger partial charge in [0.25, 0.3) is 0 Å². The number of hydrogen-bond donors (Lipinski definition) is 4. The van der Waals surface area contributed by atoms with Gasteiger partial charge in [0.05, 0.1) is 24.0 Å². The monoisotopic (exact) mass is 466 g/mol. The average Bonchev–Trinajstić information content (AvgIpc) is 2.72. The molecule has 0 aliphatic rings. The third kappa shape index (κ3) is 11.9. The molecule has 0 aliphatic carbocycles. The molecule has 7 heteroatoms. The first kappa shape index (κ1) is 28.5. The number of rotatable bonds is 13. The van der Waals surface area contributed by atoms with E-state index in [1.54, 1.807) is 18.7 Å². The third-order valence-corrected chi connectivity index (χ3v) is 6.52. The van der Waals surface area contributed by atoms with Crippen LogP contribution in [0, 0.1) is 17.8 Å². The lowest BCUT2D eigenvalue weighted by Gasteiger charge is -2.24. The van der Waals surface area contributed by atoms with E-state index >= 15 is 0 Å². The van der Waals surface area contributed by atoms with Crippen LogP contribution in [0.4, 0.5) is 0 Å². The van der Waals surface area contributed by atoms with Gasteiger partial charge in [0, 0.05) is 23.6 Å². The van der Waals surface area contributed by atoms with Crippen LogP contribution in [0.2, 0.25) is 0 Å². The summed E-state index contributed by atoms with van der Waals surface area (Å²) in [6, 6.07) is 9.95. The second-order valence-electron chi connectivity index (χ2n) is 9.97. The Labute approximate surface area is 197 Å². The van der Waals surface area contributed by atoms with Gasteiger partial charge in [-0.05, 0) is 24.3 Å². The summed E-state index contributed by atoms with van der Waals surface area (Å²) in [5.74, 6) is 0.00295. The van der Waals surface area contributed by atoms with Crippen molar-refractivity contribution in [2.24, 2.45) is 17.8 Å². The Kier molecular flexibility index (Phi) is 12.3. The highest BCUT2D eigenvalue weighted by Gasteiger charge is 2.24. The minimum absolute atomic E-state index is 0.0101. The summed E-state index contributed by atoms with van der Waals surface area (Å²) in [5.41, 5.74) is 1.11. The van der Waals surface area contributed by atoms with Gasteiger partial charge in [-0.25, -0.2) is 0 Å². The van der Waals surface area contributed by atoms with E-state index in [4.69, 9.17) is 0 Å². The van der Waals surface area contributed by atoms with Gasteiger partial charge < -0.3 is 20.8 Å². The zero-order chi connectivity index (χ0) is 24.3. The molecule has 0 aromatic heterocycles. The van der Waals surface area contributed by atoms with Gasteiger partial charge in [-0.2, -0.15) is 11.8 Å². The lowest BCUT2D eigenvalue weighted by Crippen LogP contribution is -2.44. The van der Waals surface area contributed by atoms with E-state index in [1.807, 2.05) is 44.2 Å². The van der Waals surface area contributed by atoms with Gasteiger partial charge in [0.2, 0.25) is 11.8 Å². The van der Waals surface area contributed by atoms with Gasteiger partial charge in [0.1, 0.15) is 0 Å². The van der Waals surface area contributed by atoms with Gasteiger partial charge >= 0.3 is 0 Å². The molecule has 2 amide bonds. The fraction of sp³-hybridized carbons (Fsp3) is 0.680. The van der Waals surface area contributed by atoms with E-state index in [0.717, 1.165) is 5.56 Å². The number of nitrogens with one attached hydrogen (secondary N) is 2. The third-order valence-electron chi connectivity index (χ3n) is 5.09. The highest BCUT2D eigenvalue weighted by Crippen LogP contribution is 2.27. The van der Waals surface area contributed by atoms with Gasteiger partial charge in [-0.15, -0.1) is 0 Å². The van der Waals surface area contributed by atoms with Gasteiger partial charge in [0.15, 0.2) is 0 Å². The van der Waals surface area contributed by atoms with Crippen LogP contribution in [0.25, 0.3) is 0 Å². The Bertz CT molecular complexity index is 691. The smallest absolute Gasteiger partial charge is 0.224 e. The maximum absolute atomic E-state index is 12.9. The van der Waals surface area contributed by atoms with Crippen molar-refractivity contribution in [1.82, 2.24) is 10.6 Å². The lowest BCUT2D eigenvalue weighted by atomic mass is 10.00. The molecule has 0 bridgehead atoms. The molecule has 0 spiro atoms. The van der Waals surface area contributed by atoms with Crippen molar-refractivity contribution in [3.05, 3.63) is 35.9 Å². The molecule has 0 radical (unpaired) electrons. The summed E-state index contributed by atoms with van der Waals surface area (Å²) in [5, 5.41) is 25.6. The standard InChI is InChI=1S/C25H42N2O4S/c1-17(2)12-21(28)22(29)15-27-23(30)18(3)14-26-24(31)20(16-32-25(4,5)6)13-19-10-8-7-9-11-19/h7-11,17-18,20-22,28-29H,12-16H2,1-6H3,(H,26,31)(H,27,30)/t18-,20?,21+,22-/m1/s1. The van der Waals surface area contributed by atoms with Crippen molar-refractivity contribution in [2.45, 2.75) is 71.3 Å². The second-order valence-corrected chi connectivity index (χ2v) is 11.8. The summed E-state index contributed by atoms with van der Waals surface area (Å²) in [4.78, 5) is 25.3. The molecule has 1 unspecified atom stereocenters. The Morgan fingerprint density at radius 1 is 0.938 bits per heavy atom. The van der Waals surface area contributed by atoms with E-state index in [2.05, 4.69) is 31.4 Å². The van der Waals surface area contributed by atoms with E-state index in [9.17, 15) is 19.8 Å². The first-order valence-corrected chi connectivity index (χ1v) is 12.5. The molecule has 0 heterocycles. The van der Waals surface area contributed by atoms with Crippen molar-refractivity contribution in [3.8, 4) is 0 Å². The van der Waals surface area contributed by atoms with Crippen molar-refractivity contribution in [3.63, 3.8) is 0 Å². The maximum atomic E-state index is 12.9. The van der Waals surface area contributed by atoms with Crippen LogP contribution in [-0.4, -0.2) is 57.8 Å². The number of amides is 2. The second kappa shape index (κ2) is 13.9. The predicted octanol–water partition coefficient (Wildman–Crippen LogP) is 3.01. The SMILES string of the molecule is CC(C)C[C@H](O)[C@H](O)CNC(=O)[C@H](C)CNC(=O)C(CSC(C)(C)C)Cc1ccccc1. The number of aliphatic hydroxyl groups is 2. The van der Waals surface area contributed by atoms with Crippen LogP contribution in [0.3, 0.4) is 0 Å². The molecule has 4 N–H and O–H groups in total. The largest absolute Gasteiger partial charge is 0.390 e. The number of carbonyl (C=O) groups is 2. The molecule has 0 saturated carbocycles. The molecule has 32 heavy (non-hydrogen) atoms. The Morgan fingerprint density at radius 3 is 2.09 bits per heavy atom. The van der Waals surface area contributed by atoms with Crippen LogP contribution in [0.1, 0.15) is 53.5 Å². The molecule has 1 rings (SSSR count). The van der Waals surface area contributed by atoms with Gasteiger partial charge in [-0.3, -0.25) is 9.59 Å². The average molecular weight is 467 g/mol. The lowest BCUT2D eigenvalue weighted by molar-refractivity contribution is -0.126. The minimum Gasteiger partial charge on any atom is -0.390 e. The summed E-state index contributed by atoms with van der Waals surface area (Å²) in [6.07, 6.45) is -0.758. The topological polar surface area (TPSA) is 98.7 Å². The van der Waals surface area contributed by atoms with E-state index in [-0.39, 0.29) is 41.5 Å². The molecular formula is C25H42N2O4S. The molecule has 0 aliphatic heterocycles. The van der Waals surface area contributed by atoms with Crippen LogP contribution in [0.15, 0.2) is 30.3 Å². The molecule has 0 fully saturated rings.